The van der Waals surface area contributed by atoms with Gasteiger partial charge < -0.3 is 15.6 Å². The molecule has 2 atom stereocenters. The van der Waals surface area contributed by atoms with Crippen molar-refractivity contribution in [1.82, 2.24) is 20.2 Å². The number of H-pyrrole nitrogens is 2. The average molecular weight is 274 g/mol. The minimum Gasteiger partial charge on any atom is -0.367 e. The Morgan fingerprint density at radius 2 is 2.35 bits per heavy atom. The predicted molar refractivity (Wildman–Crippen MR) is 76.5 cm³/mol. The number of rotatable bonds is 2. The molecule has 0 amide bonds. The lowest BCUT2D eigenvalue weighted by Gasteiger charge is -2.36. The SMILES string of the molecule is CC1C(N)CCCN1c1n[nH]c(-c2c[nH]ccc2=O)n1. The summed E-state index contributed by atoms with van der Waals surface area (Å²) in [6.07, 6.45) is 5.27. The van der Waals surface area contributed by atoms with Gasteiger partial charge in [-0.15, -0.1) is 5.10 Å². The maximum Gasteiger partial charge on any atom is 0.245 e. The van der Waals surface area contributed by atoms with Crippen LogP contribution in [0.25, 0.3) is 11.4 Å². The fourth-order valence-corrected chi connectivity index (χ4v) is 2.56. The first-order chi connectivity index (χ1) is 9.66. The van der Waals surface area contributed by atoms with Crippen LogP contribution >= 0.6 is 0 Å². The summed E-state index contributed by atoms with van der Waals surface area (Å²) in [5.74, 6) is 1.08. The maximum atomic E-state index is 11.8. The highest BCUT2D eigenvalue weighted by Gasteiger charge is 2.27. The fourth-order valence-electron chi connectivity index (χ4n) is 2.56. The van der Waals surface area contributed by atoms with Crippen molar-refractivity contribution in [2.75, 3.05) is 11.4 Å². The van der Waals surface area contributed by atoms with E-state index in [0.717, 1.165) is 19.4 Å². The first-order valence-electron chi connectivity index (χ1n) is 6.79. The van der Waals surface area contributed by atoms with Crippen molar-refractivity contribution in [1.29, 1.82) is 0 Å². The Morgan fingerprint density at radius 3 is 3.15 bits per heavy atom. The van der Waals surface area contributed by atoms with Crippen LogP contribution in [0.3, 0.4) is 0 Å². The Hall–Kier alpha value is -2.15. The van der Waals surface area contributed by atoms with Crippen molar-refractivity contribution in [3.05, 3.63) is 28.7 Å². The van der Waals surface area contributed by atoms with Crippen molar-refractivity contribution in [2.45, 2.75) is 31.8 Å². The zero-order valence-corrected chi connectivity index (χ0v) is 11.3. The van der Waals surface area contributed by atoms with Gasteiger partial charge in [0, 0.05) is 37.1 Å². The third kappa shape index (κ3) is 2.20. The Kier molecular flexibility index (Phi) is 3.27. The van der Waals surface area contributed by atoms with Gasteiger partial charge in [0.1, 0.15) is 0 Å². The average Bonchev–Trinajstić information content (AvgIpc) is 2.92. The standard InChI is InChI=1S/C13H18N6O/c1-8-10(14)3-2-6-19(8)13-16-12(17-18-13)9-7-15-5-4-11(9)20/h4-5,7-8,10H,2-3,6,14H2,1H3,(H,15,20)(H,16,17,18). The Morgan fingerprint density at radius 1 is 1.50 bits per heavy atom. The van der Waals surface area contributed by atoms with Gasteiger partial charge in [0.2, 0.25) is 5.95 Å². The summed E-state index contributed by atoms with van der Waals surface area (Å²) in [6, 6.07) is 1.80. The summed E-state index contributed by atoms with van der Waals surface area (Å²) in [5, 5.41) is 7.06. The lowest BCUT2D eigenvalue weighted by molar-refractivity contribution is 0.416. The van der Waals surface area contributed by atoms with Crippen molar-refractivity contribution < 1.29 is 0 Å². The molecule has 2 aromatic rings. The van der Waals surface area contributed by atoms with Crippen LogP contribution in [0, 0.1) is 0 Å². The first kappa shape index (κ1) is 12.9. The van der Waals surface area contributed by atoms with Gasteiger partial charge in [0.25, 0.3) is 0 Å². The van der Waals surface area contributed by atoms with Crippen LogP contribution in [0.5, 0.6) is 0 Å². The molecular weight excluding hydrogens is 256 g/mol. The Labute approximate surface area is 116 Å². The monoisotopic (exact) mass is 274 g/mol. The summed E-state index contributed by atoms with van der Waals surface area (Å²) in [6.45, 7) is 2.96. The summed E-state index contributed by atoms with van der Waals surface area (Å²) in [7, 11) is 0. The van der Waals surface area contributed by atoms with Crippen molar-refractivity contribution in [3.63, 3.8) is 0 Å². The summed E-state index contributed by atoms with van der Waals surface area (Å²) in [5.41, 5.74) is 6.48. The molecule has 2 unspecified atom stereocenters. The van der Waals surface area contributed by atoms with E-state index in [1.807, 2.05) is 0 Å². The molecule has 7 heteroatoms. The molecule has 1 saturated heterocycles. The number of hydrogen-bond acceptors (Lipinski definition) is 5. The van der Waals surface area contributed by atoms with Crippen LogP contribution < -0.4 is 16.1 Å². The summed E-state index contributed by atoms with van der Waals surface area (Å²) in [4.78, 5) is 21.2. The second kappa shape index (κ2) is 5.09. The molecule has 1 aliphatic rings. The van der Waals surface area contributed by atoms with Gasteiger partial charge in [0.05, 0.1) is 5.56 Å². The van der Waals surface area contributed by atoms with Gasteiger partial charge in [0.15, 0.2) is 11.3 Å². The predicted octanol–water partition coefficient (Wildman–Crippen LogP) is 0.476. The van der Waals surface area contributed by atoms with Gasteiger partial charge in [-0.05, 0) is 19.8 Å². The van der Waals surface area contributed by atoms with E-state index in [-0.39, 0.29) is 17.5 Å². The van der Waals surface area contributed by atoms with Gasteiger partial charge in [-0.2, -0.15) is 4.98 Å². The van der Waals surface area contributed by atoms with Crippen LogP contribution in [0.15, 0.2) is 23.3 Å². The van der Waals surface area contributed by atoms with E-state index in [2.05, 4.69) is 32.0 Å². The molecule has 0 saturated carbocycles. The minimum atomic E-state index is -0.0881. The minimum absolute atomic E-state index is 0.0881. The molecule has 1 fully saturated rings. The third-order valence-electron chi connectivity index (χ3n) is 3.86. The third-order valence-corrected chi connectivity index (χ3v) is 3.86. The van der Waals surface area contributed by atoms with E-state index < -0.39 is 0 Å². The smallest absolute Gasteiger partial charge is 0.245 e. The van der Waals surface area contributed by atoms with Crippen molar-refractivity contribution >= 4 is 5.95 Å². The van der Waals surface area contributed by atoms with Gasteiger partial charge in [-0.25, -0.2) is 0 Å². The molecule has 4 N–H and O–H groups in total. The highest BCUT2D eigenvalue weighted by molar-refractivity contribution is 5.54. The van der Waals surface area contributed by atoms with Crippen molar-refractivity contribution in [3.8, 4) is 11.4 Å². The highest BCUT2D eigenvalue weighted by Crippen LogP contribution is 2.22. The fraction of sp³-hybridized carbons (Fsp3) is 0.462. The zero-order chi connectivity index (χ0) is 14.1. The lowest BCUT2D eigenvalue weighted by atomic mass is 9.99. The molecule has 3 heterocycles. The molecule has 3 rings (SSSR count). The number of piperidine rings is 1. The summed E-state index contributed by atoms with van der Waals surface area (Å²) >= 11 is 0. The lowest BCUT2D eigenvalue weighted by Crippen LogP contribution is -2.50. The second-order valence-electron chi connectivity index (χ2n) is 5.15. The number of aromatic amines is 2. The zero-order valence-electron chi connectivity index (χ0n) is 11.3. The molecule has 0 bridgehead atoms. The molecule has 1 aliphatic heterocycles. The van der Waals surface area contributed by atoms with E-state index in [9.17, 15) is 4.79 Å². The molecule has 0 aromatic carbocycles. The number of nitrogens with one attached hydrogen (secondary N) is 2. The second-order valence-corrected chi connectivity index (χ2v) is 5.15. The van der Waals surface area contributed by atoms with Gasteiger partial charge in [-0.1, -0.05) is 0 Å². The van der Waals surface area contributed by atoms with Crippen LogP contribution in [0.4, 0.5) is 5.95 Å². The maximum absolute atomic E-state index is 11.8. The molecule has 0 aliphatic carbocycles. The molecular formula is C13H18N6O. The molecule has 106 valence electrons. The van der Waals surface area contributed by atoms with Crippen LogP contribution in [-0.4, -0.2) is 38.8 Å². The summed E-state index contributed by atoms with van der Waals surface area (Å²) < 4.78 is 0. The van der Waals surface area contributed by atoms with Crippen LogP contribution in [0.1, 0.15) is 19.8 Å². The molecule has 20 heavy (non-hydrogen) atoms. The van der Waals surface area contributed by atoms with E-state index in [1.165, 1.54) is 6.07 Å². The Bertz CT molecular complexity index is 648. The van der Waals surface area contributed by atoms with Crippen molar-refractivity contribution in [2.24, 2.45) is 5.73 Å². The number of anilines is 1. The normalized spacial score (nSPS) is 23.0. The number of hydrogen-bond donors (Lipinski definition) is 3. The van der Waals surface area contributed by atoms with Gasteiger partial charge in [-0.3, -0.25) is 9.89 Å². The quantitative estimate of drug-likeness (QED) is 0.738. The van der Waals surface area contributed by atoms with E-state index in [1.54, 1.807) is 12.4 Å². The number of aromatic nitrogens is 4. The molecule has 0 radical (unpaired) electrons. The van der Waals surface area contributed by atoms with E-state index >= 15 is 0 Å². The topological polar surface area (TPSA) is 104 Å². The largest absolute Gasteiger partial charge is 0.367 e. The number of pyridine rings is 1. The van der Waals surface area contributed by atoms with Crippen LogP contribution in [-0.2, 0) is 0 Å². The number of nitrogens with zero attached hydrogens (tertiary/aromatic N) is 3. The highest BCUT2D eigenvalue weighted by atomic mass is 16.1. The molecule has 2 aromatic heterocycles. The Balaban J connectivity index is 1.91. The molecule has 7 nitrogen and oxygen atoms in total. The molecule has 0 spiro atoms. The first-order valence-corrected chi connectivity index (χ1v) is 6.79. The van der Waals surface area contributed by atoms with Gasteiger partial charge >= 0.3 is 0 Å². The number of nitrogens with two attached hydrogens (primary N) is 1. The van der Waals surface area contributed by atoms with Crippen LogP contribution in [0.2, 0.25) is 0 Å². The van der Waals surface area contributed by atoms with E-state index in [0.29, 0.717) is 17.3 Å². The van der Waals surface area contributed by atoms with E-state index in [4.69, 9.17) is 5.73 Å².